The molecule has 1 aromatic rings. The quantitative estimate of drug-likeness (QED) is 0.827. The van der Waals surface area contributed by atoms with Gasteiger partial charge in [-0.2, -0.15) is 0 Å². The van der Waals surface area contributed by atoms with E-state index in [1.807, 2.05) is 6.07 Å². The molecule has 1 atom stereocenters. The molecule has 104 valence electrons. The standard InChI is InChI=1S/C16H23NO2/c17-10-9-16(18)14-7-4-8-15(11-14)19-12-13-5-2-1-3-6-13/h8,11,13,16,18H,1-3,5-6,9-10,12,17H2/t16-/m1/s1. The molecule has 3 N–H and O–H groups in total. The molecule has 0 aromatic heterocycles. The third-order valence-electron chi connectivity index (χ3n) is 3.74. The fourth-order valence-electron chi connectivity index (χ4n) is 2.57. The first-order valence-corrected chi connectivity index (χ1v) is 7.24. The maximum Gasteiger partial charge on any atom is 0.128 e. The fraction of sp³-hybridized carbons (Fsp3) is 0.625. The minimum Gasteiger partial charge on any atom is -0.493 e. The molecular formula is C16H23NO2. The summed E-state index contributed by atoms with van der Waals surface area (Å²) < 4.78 is 5.82. The van der Waals surface area contributed by atoms with Crippen LogP contribution in [-0.4, -0.2) is 18.3 Å². The number of ether oxygens (including phenoxy) is 1. The normalized spacial score (nSPS) is 17.8. The highest BCUT2D eigenvalue weighted by Crippen LogP contribution is 2.25. The van der Waals surface area contributed by atoms with Crippen LogP contribution in [0.1, 0.15) is 50.2 Å². The molecule has 3 heteroatoms. The van der Waals surface area contributed by atoms with E-state index in [1.54, 1.807) is 6.07 Å². The molecule has 1 aliphatic carbocycles. The Morgan fingerprint density at radius 3 is 2.89 bits per heavy atom. The lowest BCUT2D eigenvalue weighted by Crippen LogP contribution is -2.15. The average molecular weight is 261 g/mol. The summed E-state index contributed by atoms with van der Waals surface area (Å²) >= 11 is 0. The van der Waals surface area contributed by atoms with Crippen LogP contribution in [0.5, 0.6) is 5.75 Å². The molecule has 19 heavy (non-hydrogen) atoms. The largest absolute Gasteiger partial charge is 0.493 e. The van der Waals surface area contributed by atoms with Crippen molar-refractivity contribution < 1.29 is 9.84 Å². The third-order valence-corrected chi connectivity index (χ3v) is 3.74. The van der Waals surface area contributed by atoms with E-state index in [9.17, 15) is 5.11 Å². The van der Waals surface area contributed by atoms with Gasteiger partial charge in [0, 0.05) is 11.6 Å². The van der Waals surface area contributed by atoms with Crippen LogP contribution in [0.4, 0.5) is 0 Å². The molecule has 0 aliphatic heterocycles. The summed E-state index contributed by atoms with van der Waals surface area (Å²) in [4.78, 5) is 0. The maximum atomic E-state index is 9.88. The van der Waals surface area contributed by atoms with Crippen molar-refractivity contribution in [1.82, 2.24) is 0 Å². The molecule has 0 spiro atoms. The van der Waals surface area contributed by atoms with E-state index < -0.39 is 6.10 Å². The van der Waals surface area contributed by atoms with Crippen LogP contribution in [0.3, 0.4) is 0 Å². The van der Waals surface area contributed by atoms with E-state index in [-0.39, 0.29) is 0 Å². The SMILES string of the molecule is NCC[C@@H](O)c1c#ccc(OCC2CCCCC2)c1. The van der Waals surface area contributed by atoms with Crippen molar-refractivity contribution in [3.63, 3.8) is 0 Å². The Balaban J connectivity index is 1.87. The van der Waals surface area contributed by atoms with Gasteiger partial charge < -0.3 is 15.6 Å². The molecule has 2 rings (SSSR count). The highest BCUT2D eigenvalue weighted by Gasteiger charge is 2.14. The maximum absolute atomic E-state index is 9.88. The lowest BCUT2D eigenvalue weighted by Gasteiger charge is -2.21. The first-order valence-electron chi connectivity index (χ1n) is 7.24. The first kappa shape index (κ1) is 14.2. The Kier molecular flexibility index (Phi) is 5.50. The summed E-state index contributed by atoms with van der Waals surface area (Å²) in [5.41, 5.74) is 6.16. The number of aliphatic hydroxyl groups is 1. The highest BCUT2D eigenvalue weighted by atomic mass is 16.5. The van der Waals surface area contributed by atoms with E-state index in [1.165, 1.54) is 32.1 Å². The van der Waals surface area contributed by atoms with Gasteiger partial charge in [0.05, 0.1) is 12.7 Å². The van der Waals surface area contributed by atoms with E-state index >= 15 is 0 Å². The lowest BCUT2D eigenvalue weighted by molar-refractivity contribution is 0.169. The topological polar surface area (TPSA) is 55.5 Å². The van der Waals surface area contributed by atoms with E-state index in [0.29, 0.717) is 24.4 Å². The van der Waals surface area contributed by atoms with Crippen LogP contribution in [0, 0.1) is 18.1 Å². The van der Waals surface area contributed by atoms with Crippen molar-refractivity contribution in [3.05, 3.63) is 29.8 Å². The molecule has 0 bridgehead atoms. The predicted molar refractivity (Wildman–Crippen MR) is 74.8 cm³/mol. The van der Waals surface area contributed by atoms with Gasteiger partial charge in [-0.15, -0.1) is 0 Å². The van der Waals surface area contributed by atoms with Gasteiger partial charge in [-0.1, -0.05) is 31.4 Å². The molecule has 1 aromatic carbocycles. The van der Waals surface area contributed by atoms with Crippen molar-refractivity contribution in [2.75, 3.05) is 13.2 Å². The minimum absolute atomic E-state index is 0.460. The monoisotopic (exact) mass is 261 g/mol. The van der Waals surface area contributed by atoms with E-state index in [4.69, 9.17) is 10.5 Å². The molecule has 1 fully saturated rings. The second kappa shape index (κ2) is 7.37. The lowest BCUT2D eigenvalue weighted by atomic mass is 9.90. The van der Waals surface area contributed by atoms with Gasteiger partial charge in [0.15, 0.2) is 0 Å². The second-order valence-corrected chi connectivity index (χ2v) is 5.32. The summed E-state index contributed by atoms with van der Waals surface area (Å²) in [7, 11) is 0. The number of hydrogen-bond donors (Lipinski definition) is 2. The predicted octanol–water partition coefficient (Wildman–Crippen LogP) is 2.63. The number of rotatable bonds is 6. The van der Waals surface area contributed by atoms with Crippen LogP contribution < -0.4 is 10.5 Å². The van der Waals surface area contributed by atoms with Crippen LogP contribution in [0.15, 0.2) is 12.1 Å². The van der Waals surface area contributed by atoms with Gasteiger partial charge in [-0.25, -0.2) is 0 Å². The van der Waals surface area contributed by atoms with Crippen molar-refractivity contribution >= 4 is 0 Å². The molecule has 0 saturated heterocycles. The highest BCUT2D eigenvalue weighted by molar-refractivity contribution is 5.25. The van der Waals surface area contributed by atoms with E-state index in [0.717, 1.165) is 12.4 Å². The minimum atomic E-state index is -0.570. The van der Waals surface area contributed by atoms with Crippen molar-refractivity contribution in [2.24, 2.45) is 11.7 Å². The van der Waals surface area contributed by atoms with Gasteiger partial charge in [-0.3, -0.25) is 0 Å². The Bertz CT molecular complexity index is 375. The Labute approximate surface area is 115 Å². The Hall–Kier alpha value is -1.24. The molecule has 1 saturated carbocycles. The van der Waals surface area contributed by atoms with Gasteiger partial charge >= 0.3 is 0 Å². The number of nitrogens with two attached hydrogens (primary N) is 1. The molecule has 3 nitrogen and oxygen atoms in total. The molecule has 0 heterocycles. The summed E-state index contributed by atoms with van der Waals surface area (Å²) in [6.45, 7) is 1.23. The van der Waals surface area contributed by atoms with Gasteiger partial charge in [0.2, 0.25) is 0 Å². The van der Waals surface area contributed by atoms with Crippen molar-refractivity contribution in [1.29, 1.82) is 0 Å². The average Bonchev–Trinajstić information content (AvgIpc) is 2.47. The van der Waals surface area contributed by atoms with Gasteiger partial charge in [0.1, 0.15) is 5.75 Å². The van der Waals surface area contributed by atoms with Crippen molar-refractivity contribution in [3.8, 4) is 5.75 Å². The van der Waals surface area contributed by atoms with E-state index in [2.05, 4.69) is 12.1 Å². The third kappa shape index (κ3) is 4.41. The van der Waals surface area contributed by atoms with Crippen LogP contribution in [0.25, 0.3) is 0 Å². The first-order chi connectivity index (χ1) is 9.29. The summed E-state index contributed by atoms with van der Waals surface area (Å²) in [5.74, 6) is 1.45. The molecule has 0 radical (unpaired) electrons. The summed E-state index contributed by atoms with van der Waals surface area (Å²) in [5, 5.41) is 9.88. The smallest absolute Gasteiger partial charge is 0.128 e. The van der Waals surface area contributed by atoms with Crippen LogP contribution in [-0.2, 0) is 0 Å². The molecule has 0 amide bonds. The summed E-state index contributed by atoms with van der Waals surface area (Å²) in [6, 6.07) is 9.45. The summed E-state index contributed by atoms with van der Waals surface area (Å²) in [6.07, 6.45) is 6.51. The van der Waals surface area contributed by atoms with Crippen LogP contribution >= 0.6 is 0 Å². The molecule has 0 unspecified atom stereocenters. The van der Waals surface area contributed by atoms with Gasteiger partial charge in [0.25, 0.3) is 0 Å². The second-order valence-electron chi connectivity index (χ2n) is 5.32. The Morgan fingerprint density at radius 2 is 2.16 bits per heavy atom. The van der Waals surface area contributed by atoms with Crippen molar-refractivity contribution in [2.45, 2.75) is 44.6 Å². The zero-order valence-corrected chi connectivity index (χ0v) is 11.4. The molecular weight excluding hydrogens is 238 g/mol. The van der Waals surface area contributed by atoms with Gasteiger partial charge in [-0.05, 0) is 37.8 Å². The fourth-order valence-corrected chi connectivity index (χ4v) is 2.57. The number of aliphatic hydroxyl groups excluding tert-OH is 1. The Morgan fingerprint density at radius 1 is 1.37 bits per heavy atom. The van der Waals surface area contributed by atoms with Crippen LogP contribution in [0.2, 0.25) is 0 Å². The zero-order chi connectivity index (χ0) is 13.5. The number of hydrogen-bond acceptors (Lipinski definition) is 3. The zero-order valence-electron chi connectivity index (χ0n) is 11.4. The molecule has 1 aliphatic rings.